The maximum atomic E-state index is 13.5. The molecule has 2 rings (SSSR count). The second-order valence-electron chi connectivity index (χ2n) is 5.08. The zero-order valence-corrected chi connectivity index (χ0v) is 13.0. The van der Waals surface area contributed by atoms with Crippen molar-refractivity contribution in [1.29, 1.82) is 0 Å². The Hall–Kier alpha value is -2.60. The average molecular weight is 318 g/mol. The molecule has 122 valence electrons. The van der Waals surface area contributed by atoms with Crippen molar-refractivity contribution >= 4 is 11.7 Å². The van der Waals surface area contributed by atoms with Gasteiger partial charge in [-0.25, -0.2) is 9.18 Å². The first-order valence-electron chi connectivity index (χ1n) is 7.13. The molecule has 3 N–H and O–H groups in total. The van der Waals surface area contributed by atoms with Gasteiger partial charge in [-0.15, -0.1) is 0 Å². The number of urea groups is 1. The molecule has 2 aromatic rings. The summed E-state index contributed by atoms with van der Waals surface area (Å²) in [6, 6.07) is 10.7. The van der Waals surface area contributed by atoms with E-state index in [9.17, 15) is 14.3 Å². The van der Waals surface area contributed by atoms with Gasteiger partial charge in [0.2, 0.25) is 0 Å². The van der Waals surface area contributed by atoms with Gasteiger partial charge < -0.3 is 20.5 Å². The van der Waals surface area contributed by atoms with E-state index < -0.39 is 18.0 Å². The number of hydrogen-bond donors (Lipinski definition) is 3. The third-order valence-electron chi connectivity index (χ3n) is 3.33. The molecule has 2 amide bonds. The fourth-order valence-corrected chi connectivity index (χ4v) is 2.11. The van der Waals surface area contributed by atoms with Crippen LogP contribution in [0.1, 0.15) is 17.2 Å². The van der Waals surface area contributed by atoms with Crippen molar-refractivity contribution in [3.05, 3.63) is 59.4 Å². The Kier molecular flexibility index (Phi) is 5.54. The number of amides is 2. The van der Waals surface area contributed by atoms with E-state index in [1.165, 1.54) is 25.3 Å². The van der Waals surface area contributed by atoms with E-state index in [0.717, 1.165) is 5.56 Å². The minimum atomic E-state index is -1.12. The zero-order chi connectivity index (χ0) is 16.8. The highest BCUT2D eigenvalue weighted by atomic mass is 19.1. The standard InChI is InChI=1S/C17H19FN2O3/c1-11-7-8-14(16(9-11)23-2)20-17(22)19-10-15(21)12-5-3-4-6-13(12)18/h3-9,15,21H,10H2,1-2H3,(H2,19,20,22). The highest BCUT2D eigenvalue weighted by Crippen LogP contribution is 2.25. The lowest BCUT2D eigenvalue weighted by atomic mass is 10.1. The van der Waals surface area contributed by atoms with Crippen molar-refractivity contribution in [2.75, 3.05) is 19.0 Å². The molecular weight excluding hydrogens is 299 g/mol. The number of ether oxygens (including phenoxy) is 1. The molecule has 0 bridgehead atoms. The minimum Gasteiger partial charge on any atom is -0.495 e. The van der Waals surface area contributed by atoms with Gasteiger partial charge in [0.25, 0.3) is 0 Å². The molecule has 0 aliphatic rings. The molecule has 6 heteroatoms. The first-order valence-corrected chi connectivity index (χ1v) is 7.13. The third kappa shape index (κ3) is 4.43. The fourth-order valence-electron chi connectivity index (χ4n) is 2.11. The maximum absolute atomic E-state index is 13.5. The van der Waals surface area contributed by atoms with Crippen molar-refractivity contribution < 1.29 is 19.0 Å². The van der Waals surface area contributed by atoms with Crippen LogP contribution in [-0.4, -0.2) is 24.8 Å². The van der Waals surface area contributed by atoms with Crippen LogP contribution in [0.2, 0.25) is 0 Å². The van der Waals surface area contributed by atoms with E-state index in [1.807, 2.05) is 13.0 Å². The normalized spacial score (nSPS) is 11.7. The van der Waals surface area contributed by atoms with Crippen molar-refractivity contribution in [2.45, 2.75) is 13.0 Å². The highest BCUT2D eigenvalue weighted by molar-refractivity contribution is 5.91. The summed E-state index contributed by atoms with van der Waals surface area (Å²) in [7, 11) is 1.51. The molecule has 0 radical (unpaired) electrons. The lowest BCUT2D eigenvalue weighted by Gasteiger charge is -2.15. The number of aliphatic hydroxyl groups is 1. The molecule has 0 fully saturated rings. The second kappa shape index (κ2) is 7.60. The van der Waals surface area contributed by atoms with Crippen LogP contribution in [0.5, 0.6) is 5.75 Å². The number of anilines is 1. The van der Waals surface area contributed by atoms with Crippen molar-refractivity contribution in [3.8, 4) is 5.75 Å². The number of nitrogens with one attached hydrogen (secondary N) is 2. The average Bonchev–Trinajstić information content (AvgIpc) is 2.54. The molecule has 0 spiro atoms. The Morgan fingerprint density at radius 3 is 2.74 bits per heavy atom. The Morgan fingerprint density at radius 2 is 2.04 bits per heavy atom. The summed E-state index contributed by atoms with van der Waals surface area (Å²) in [4.78, 5) is 11.9. The zero-order valence-electron chi connectivity index (χ0n) is 13.0. The smallest absolute Gasteiger partial charge is 0.319 e. The van der Waals surface area contributed by atoms with Gasteiger partial charge in [0.05, 0.1) is 18.9 Å². The van der Waals surface area contributed by atoms with E-state index >= 15 is 0 Å². The van der Waals surface area contributed by atoms with Crippen LogP contribution in [-0.2, 0) is 0 Å². The fraction of sp³-hybridized carbons (Fsp3) is 0.235. The highest BCUT2D eigenvalue weighted by Gasteiger charge is 2.14. The molecule has 0 aliphatic heterocycles. The summed E-state index contributed by atoms with van der Waals surface area (Å²) >= 11 is 0. The first-order chi connectivity index (χ1) is 11.0. The number of methoxy groups -OCH3 is 1. The summed E-state index contributed by atoms with van der Waals surface area (Å²) in [6.45, 7) is 1.80. The van der Waals surface area contributed by atoms with Crippen molar-refractivity contribution in [3.63, 3.8) is 0 Å². The number of carbonyl (C=O) groups excluding carboxylic acids is 1. The van der Waals surface area contributed by atoms with Crippen LogP contribution in [0.4, 0.5) is 14.9 Å². The Bertz CT molecular complexity index is 691. The van der Waals surface area contributed by atoms with E-state index in [-0.39, 0.29) is 12.1 Å². The van der Waals surface area contributed by atoms with E-state index in [1.54, 1.807) is 18.2 Å². The number of aliphatic hydroxyl groups excluding tert-OH is 1. The summed E-state index contributed by atoms with van der Waals surface area (Å²) in [6.07, 6.45) is -1.12. The maximum Gasteiger partial charge on any atom is 0.319 e. The Balaban J connectivity index is 1.94. The van der Waals surface area contributed by atoms with E-state index in [4.69, 9.17) is 4.74 Å². The van der Waals surface area contributed by atoms with Gasteiger partial charge in [0, 0.05) is 12.1 Å². The largest absolute Gasteiger partial charge is 0.495 e. The summed E-state index contributed by atoms with van der Waals surface area (Å²) in [5, 5.41) is 15.1. The third-order valence-corrected chi connectivity index (χ3v) is 3.33. The molecule has 0 saturated heterocycles. The Morgan fingerprint density at radius 1 is 1.30 bits per heavy atom. The lowest BCUT2D eigenvalue weighted by molar-refractivity contribution is 0.170. The molecule has 0 heterocycles. The van der Waals surface area contributed by atoms with Crippen LogP contribution in [0.3, 0.4) is 0 Å². The molecule has 0 aromatic heterocycles. The quantitative estimate of drug-likeness (QED) is 0.793. The number of benzene rings is 2. The number of carbonyl (C=O) groups is 1. The monoisotopic (exact) mass is 318 g/mol. The summed E-state index contributed by atoms with van der Waals surface area (Å²) in [5.74, 6) is 0.0252. The van der Waals surface area contributed by atoms with Gasteiger partial charge in [-0.05, 0) is 30.7 Å². The number of hydrogen-bond acceptors (Lipinski definition) is 3. The minimum absolute atomic E-state index is 0.110. The van der Waals surface area contributed by atoms with Gasteiger partial charge in [0.15, 0.2) is 0 Å². The van der Waals surface area contributed by atoms with Gasteiger partial charge in [-0.2, -0.15) is 0 Å². The van der Waals surface area contributed by atoms with E-state index in [2.05, 4.69) is 10.6 Å². The van der Waals surface area contributed by atoms with Gasteiger partial charge in [-0.3, -0.25) is 0 Å². The topological polar surface area (TPSA) is 70.6 Å². The number of halogens is 1. The van der Waals surface area contributed by atoms with Crippen LogP contribution in [0.25, 0.3) is 0 Å². The van der Waals surface area contributed by atoms with Crippen LogP contribution in [0.15, 0.2) is 42.5 Å². The second-order valence-corrected chi connectivity index (χ2v) is 5.08. The van der Waals surface area contributed by atoms with Crippen LogP contribution >= 0.6 is 0 Å². The Labute approximate surface area is 134 Å². The number of rotatable bonds is 5. The molecule has 5 nitrogen and oxygen atoms in total. The predicted molar refractivity (Wildman–Crippen MR) is 86.1 cm³/mol. The SMILES string of the molecule is COc1cc(C)ccc1NC(=O)NCC(O)c1ccccc1F. The van der Waals surface area contributed by atoms with Gasteiger partial charge in [-0.1, -0.05) is 24.3 Å². The van der Waals surface area contributed by atoms with Crippen LogP contribution in [0, 0.1) is 12.7 Å². The molecule has 0 aliphatic carbocycles. The molecule has 23 heavy (non-hydrogen) atoms. The molecule has 1 atom stereocenters. The van der Waals surface area contributed by atoms with Crippen LogP contribution < -0.4 is 15.4 Å². The predicted octanol–water partition coefficient (Wildman–Crippen LogP) is 3.00. The summed E-state index contributed by atoms with van der Waals surface area (Å²) in [5.41, 5.74) is 1.65. The molecule has 1 unspecified atom stereocenters. The number of aryl methyl sites for hydroxylation is 1. The molecular formula is C17H19FN2O3. The van der Waals surface area contributed by atoms with Crippen molar-refractivity contribution in [1.82, 2.24) is 5.32 Å². The van der Waals surface area contributed by atoms with Gasteiger partial charge >= 0.3 is 6.03 Å². The van der Waals surface area contributed by atoms with Gasteiger partial charge in [0.1, 0.15) is 11.6 Å². The molecule has 2 aromatic carbocycles. The first kappa shape index (κ1) is 16.8. The lowest BCUT2D eigenvalue weighted by Crippen LogP contribution is -2.32. The summed E-state index contributed by atoms with van der Waals surface area (Å²) < 4.78 is 18.7. The molecule has 0 saturated carbocycles. The van der Waals surface area contributed by atoms with E-state index in [0.29, 0.717) is 11.4 Å². The van der Waals surface area contributed by atoms with Crippen molar-refractivity contribution in [2.24, 2.45) is 0 Å².